The Kier molecular flexibility index (Phi) is 8.38. The molecule has 0 amide bonds. The van der Waals surface area contributed by atoms with Gasteiger partial charge in [-0.25, -0.2) is 0 Å². The maximum absolute atomic E-state index is 4.39. The molecule has 0 atom stereocenters. The average Bonchev–Trinajstić information content (AvgIpc) is 2.63. The summed E-state index contributed by atoms with van der Waals surface area (Å²) < 4.78 is 0. The number of likely N-dealkylation sites (tertiary alicyclic amines) is 1. The van der Waals surface area contributed by atoms with Crippen molar-refractivity contribution in [3.05, 3.63) is 65.3 Å². The van der Waals surface area contributed by atoms with Crippen LogP contribution in [0.25, 0.3) is 5.57 Å². The van der Waals surface area contributed by atoms with Crippen LogP contribution in [-0.2, 0) is 13.0 Å². The van der Waals surface area contributed by atoms with E-state index in [0.717, 1.165) is 30.9 Å². The Morgan fingerprint density at radius 2 is 1.96 bits per heavy atom. The third-order valence-electron chi connectivity index (χ3n) is 5.34. The van der Waals surface area contributed by atoms with Gasteiger partial charge in [-0.2, -0.15) is 0 Å². The van der Waals surface area contributed by atoms with Crippen molar-refractivity contribution in [2.45, 2.75) is 66.3 Å². The maximum Gasteiger partial charge on any atom is 0.0233 e. The molecule has 1 nitrogen and oxygen atoms in total. The third kappa shape index (κ3) is 6.29. The van der Waals surface area contributed by atoms with Crippen molar-refractivity contribution < 1.29 is 0 Å². The number of piperidine rings is 1. The highest BCUT2D eigenvalue weighted by Crippen LogP contribution is 2.25. The van der Waals surface area contributed by atoms with Gasteiger partial charge in [0.2, 0.25) is 0 Å². The number of rotatable bonds is 8. The molecule has 142 valence electrons. The molecule has 0 saturated carbocycles. The van der Waals surface area contributed by atoms with E-state index in [4.69, 9.17) is 0 Å². The van der Waals surface area contributed by atoms with Crippen LogP contribution < -0.4 is 0 Å². The van der Waals surface area contributed by atoms with Gasteiger partial charge < -0.3 is 0 Å². The molecule has 0 aromatic heterocycles. The van der Waals surface area contributed by atoms with E-state index in [0.29, 0.717) is 0 Å². The Balaban J connectivity index is 2.19. The minimum atomic E-state index is 0.887. The van der Waals surface area contributed by atoms with Gasteiger partial charge in [-0.3, -0.25) is 4.90 Å². The molecule has 0 N–H and O–H groups in total. The Morgan fingerprint density at radius 3 is 2.62 bits per heavy atom. The second-order valence-electron chi connectivity index (χ2n) is 7.92. The molecule has 1 heterocycles. The molecule has 1 aromatic rings. The van der Waals surface area contributed by atoms with Gasteiger partial charge in [-0.15, -0.1) is 0 Å². The fourth-order valence-corrected chi connectivity index (χ4v) is 3.69. The van der Waals surface area contributed by atoms with Crippen molar-refractivity contribution in [2.24, 2.45) is 5.92 Å². The van der Waals surface area contributed by atoms with E-state index in [2.05, 4.69) is 75.6 Å². The predicted octanol–water partition coefficient (Wildman–Crippen LogP) is 6.80. The molecule has 0 aliphatic carbocycles. The standard InChI is InChI=1S/C25H37N/c1-6-8-10-21(4)17-22(5)25-18-23(11-12-24(25)9-7-2)19-26-15-13-20(3)14-16-26/h8,10-12,17-18,20H,5-7,9,13-16,19H2,1-4H3/b10-8-,21-17-. The highest BCUT2D eigenvalue weighted by molar-refractivity contribution is 5.75. The number of hydrogen-bond donors (Lipinski definition) is 0. The van der Waals surface area contributed by atoms with Crippen molar-refractivity contribution >= 4 is 5.57 Å². The summed E-state index contributed by atoms with van der Waals surface area (Å²) in [5, 5.41) is 0. The van der Waals surface area contributed by atoms with Crippen molar-refractivity contribution in [3.63, 3.8) is 0 Å². The molecule has 2 rings (SSSR count). The molecule has 0 spiro atoms. The number of allylic oxidation sites excluding steroid dienone is 5. The van der Waals surface area contributed by atoms with Gasteiger partial charge in [0.15, 0.2) is 0 Å². The highest BCUT2D eigenvalue weighted by atomic mass is 15.1. The third-order valence-corrected chi connectivity index (χ3v) is 5.34. The Labute approximate surface area is 161 Å². The lowest BCUT2D eigenvalue weighted by molar-refractivity contribution is 0.185. The average molecular weight is 352 g/mol. The fourth-order valence-electron chi connectivity index (χ4n) is 3.69. The second kappa shape index (κ2) is 10.5. The monoisotopic (exact) mass is 351 g/mol. The van der Waals surface area contributed by atoms with Crippen LogP contribution in [0.3, 0.4) is 0 Å². The van der Waals surface area contributed by atoms with Crippen LogP contribution >= 0.6 is 0 Å². The molecule has 1 fully saturated rings. The molecule has 1 aromatic carbocycles. The molecule has 1 aliphatic heterocycles. The van der Waals surface area contributed by atoms with Gasteiger partial charge in [0.25, 0.3) is 0 Å². The topological polar surface area (TPSA) is 3.24 Å². The minimum absolute atomic E-state index is 0.887. The summed E-state index contributed by atoms with van der Waals surface area (Å²) in [5.41, 5.74) is 6.59. The largest absolute Gasteiger partial charge is 0.299 e. The lowest BCUT2D eigenvalue weighted by Gasteiger charge is -2.30. The van der Waals surface area contributed by atoms with E-state index in [1.54, 1.807) is 0 Å². The molecule has 0 unspecified atom stereocenters. The first-order valence-electron chi connectivity index (χ1n) is 10.4. The van der Waals surface area contributed by atoms with Gasteiger partial charge in [0.05, 0.1) is 0 Å². The molecule has 26 heavy (non-hydrogen) atoms. The van der Waals surface area contributed by atoms with E-state index < -0.39 is 0 Å². The van der Waals surface area contributed by atoms with Crippen LogP contribution in [0.2, 0.25) is 0 Å². The molecule has 0 radical (unpaired) electrons. The number of hydrogen-bond acceptors (Lipinski definition) is 1. The lowest BCUT2D eigenvalue weighted by Crippen LogP contribution is -2.32. The zero-order chi connectivity index (χ0) is 18.9. The van der Waals surface area contributed by atoms with E-state index in [9.17, 15) is 0 Å². The molecular formula is C25H37N. The summed E-state index contributed by atoms with van der Waals surface area (Å²) in [6.07, 6.45) is 12.7. The normalized spacial score (nSPS) is 17.2. The Morgan fingerprint density at radius 1 is 1.23 bits per heavy atom. The van der Waals surface area contributed by atoms with Crippen molar-refractivity contribution in [2.75, 3.05) is 13.1 Å². The second-order valence-corrected chi connectivity index (χ2v) is 7.92. The van der Waals surface area contributed by atoms with E-state index in [1.165, 1.54) is 54.6 Å². The van der Waals surface area contributed by atoms with Gasteiger partial charge >= 0.3 is 0 Å². The summed E-state index contributed by atoms with van der Waals surface area (Å²) >= 11 is 0. The minimum Gasteiger partial charge on any atom is -0.299 e. The number of nitrogens with zero attached hydrogens (tertiary/aromatic N) is 1. The summed E-state index contributed by atoms with van der Waals surface area (Å²) in [6.45, 7) is 16.9. The Bertz CT molecular complexity index is 642. The quantitative estimate of drug-likeness (QED) is 0.466. The first kappa shape index (κ1) is 20.7. The molecule has 1 saturated heterocycles. The maximum atomic E-state index is 4.39. The van der Waals surface area contributed by atoms with E-state index >= 15 is 0 Å². The van der Waals surface area contributed by atoms with Crippen molar-refractivity contribution in [1.29, 1.82) is 0 Å². The van der Waals surface area contributed by atoms with Gasteiger partial charge in [-0.1, -0.05) is 69.7 Å². The van der Waals surface area contributed by atoms with Crippen LogP contribution in [0.1, 0.15) is 70.1 Å². The first-order chi connectivity index (χ1) is 12.5. The van der Waals surface area contributed by atoms with Gasteiger partial charge in [0.1, 0.15) is 0 Å². The first-order valence-corrected chi connectivity index (χ1v) is 10.4. The molecular weight excluding hydrogens is 314 g/mol. The van der Waals surface area contributed by atoms with Gasteiger partial charge in [0, 0.05) is 6.54 Å². The molecule has 1 aliphatic rings. The Hall–Kier alpha value is -1.60. The highest BCUT2D eigenvalue weighted by Gasteiger charge is 2.16. The summed E-state index contributed by atoms with van der Waals surface area (Å²) in [6, 6.07) is 7.04. The molecule has 1 heteroatoms. The number of aryl methyl sites for hydroxylation is 1. The van der Waals surface area contributed by atoms with Crippen molar-refractivity contribution in [1.82, 2.24) is 4.90 Å². The fraction of sp³-hybridized carbons (Fsp3) is 0.520. The predicted molar refractivity (Wildman–Crippen MR) is 116 cm³/mol. The zero-order valence-electron chi connectivity index (χ0n) is 17.4. The zero-order valence-corrected chi connectivity index (χ0v) is 17.4. The summed E-state index contributed by atoms with van der Waals surface area (Å²) in [4.78, 5) is 2.60. The molecule has 0 bridgehead atoms. The summed E-state index contributed by atoms with van der Waals surface area (Å²) in [5.74, 6) is 0.887. The van der Waals surface area contributed by atoms with Crippen LogP contribution in [0.15, 0.2) is 48.6 Å². The van der Waals surface area contributed by atoms with Crippen LogP contribution in [0, 0.1) is 5.92 Å². The SMILES string of the molecule is C=C(/C=C(C)\C=C/CC)c1cc(CN2CCC(C)CC2)ccc1CCC. The lowest BCUT2D eigenvalue weighted by atomic mass is 9.93. The van der Waals surface area contributed by atoms with Crippen LogP contribution in [0.5, 0.6) is 0 Å². The van der Waals surface area contributed by atoms with Crippen molar-refractivity contribution in [3.8, 4) is 0 Å². The number of benzene rings is 1. The summed E-state index contributed by atoms with van der Waals surface area (Å²) in [7, 11) is 0. The van der Waals surface area contributed by atoms with Gasteiger partial charge in [-0.05, 0) is 79.9 Å². The smallest absolute Gasteiger partial charge is 0.0233 e. The van der Waals surface area contributed by atoms with Crippen LogP contribution in [-0.4, -0.2) is 18.0 Å². The van der Waals surface area contributed by atoms with Crippen LogP contribution in [0.4, 0.5) is 0 Å². The van der Waals surface area contributed by atoms with E-state index in [-0.39, 0.29) is 0 Å². The van der Waals surface area contributed by atoms with E-state index in [1.807, 2.05) is 0 Å².